The Hall–Kier alpha value is -3.29. The molecule has 0 spiro atoms. The number of carbonyl (C=O) groups excluding carboxylic acids is 1. The zero-order chi connectivity index (χ0) is 17.4. The monoisotopic (exact) mass is 341 g/mol. The molecule has 0 fully saturated rings. The quantitative estimate of drug-likeness (QED) is 0.599. The van der Waals surface area contributed by atoms with Crippen LogP contribution in [0.3, 0.4) is 0 Å². The lowest BCUT2D eigenvalue weighted by atomic mass is 10.1. The number of alkyl halides is 2. The van der Waals surface area contributed by atoms with Gasteiger partial charge < -0.3 is 14.7 Å². The standard InChI is InChI=1S/C17H13F2N5O/c18-15(19)16-22-13-3-1-2-12(14(13)23-16)17(25)21-6-10-4-5-11-7-20-9-24(11)8-10/h1-5,7-9,15H,6H2,(H,21,25)(H,22,23). The van der Waals surface area contributed by atoms with Crippen molar-refractivity contribution in [3.8, 4) is 0 Å². The summed E-state index contributed by atoms with van der Waals surface area (Å²) in [5.41, 5.74) is 2.74. The first-order valence-electron chi connectivity index (χ1n) is 7.57. The maximum absolute atomic E-state index is 12.8. The van der Waals surface area contributed by atoms with Gasteiger partial charge in [0, 0.05) is 12.7 Å². The van der Waals surface area contributed by atoms with Gasteiger partial charge in [-0.05, 0) is 23.8 Å². The molecule has 3 heterocycles. The summed E-state index contributed by atoms with van der Waals surface area (Å²) < 4.78 is 27.5. The summed E-state index contributed by atoms with van der Waals surface area (Å²) in [5, 5.41) is 2.79. The fourth-order valence-electron chi connectivity index (χ4n) is 2.69. The summed E-state index contributed by atoms with van der Waals surface area (Å²) in [6.45, 7) is 0.301. The zero-order valence-electron chi connectivity index (χ0n) is 12.9. The molecule has 2 N–H and O–H groups in total. The molecule has 0 radical (unpaired) electrons. The normalized spacial score (nSPS) is 11.5. The molecule has 0 saturated heterocycles. The number of H-pyrrole nitrogens is 1. The van der Waals surface area contributed by atoms with Crippen molar-refractivity contribution in [2.75, 3.05) is 0 Å². The van der Waals surface area contributed by atoms with Crippen molar-refractivity contribution in [3.63, 3.8) is 0 Å². The van der Waals surface area contributed by atoms with E-state index in [1.54, 1.807) is 30.7 Å². The largest absolute Gasteiger partial charge is 0.348 e. The molecule has 0 atom stereocenters. The number of aromatic nitrogens is 4. The van der Waals surface area contributed by atoms with Crippen LogP contribution < -0.4 is 5.32 Å². The van der Waals surface area contributed by atoms with Crippen LogP contribution >= 0.6 is 0 Å². The van der Waals surface area contributed by atoms with Crippen LogP contribution in [0.5, 0.6) is 0 Å². The van der Waals surface area contributed by atoms with Gasteiger partial charge in [-0.3, -0.25) is 4.79 Å². The highest BCUT2D eigenvalue weighted by Gasteiger charge is 2.17. The number of aromatic amines is 1. The highest BCUT2D eigenvalue weighted by atomic mass is 19.3. The van der Waals surface area contributed by atoms with Crippen LogP contribution in [-0.2, 0) is 6.54 Å². The van der Waals surface area contributed by atoms with Gasteiger partial charge in [-0.2, -0.15) is 0 Å². The number of amides is 1. The van der Waals surface area contributed by atoms with Gasteiger partial charge in [-0.1, -0.05) is 12.1 Å². The molecule has 4 rings (SSSR count). The number of carbonyl (C=O) groups is 1. The van der Waals surface area contributed by atoms with Gasteiger partial charge in [-0.15, -0.1) is 0 Å². The fraction of sp³-hybridized carbons (Fsp3) is 0.118. The number of nitrogens with one attached hydrogen (secondary N) is 2. The third-order valence-electron chi connectivity index (χ3n) is 3.90. The SMILES string of the molecule is O=C(NCc1ccc2cncn2c1)c1cccc2[nH]c(C(F)F)nc12. The summed E-state index contributed by atoms with van der Waals surface area (Å²) in [6, 6.07) is 8.59. The second-order valence-electron chi connectivity index (χ2n) is 5.57. The molecule has 0 saturated carbocycles. The van der Waals surface area contributed by atoms with Crippen molar-refractivity contribution in [2.45, 2.75) is 13.0 Å². The first-order chi connectivity index (χ1) is 12.1. The predicted molar refractivity (Wildman–Crippen MR) is 87.4 cm³/mol. The number of rotatable bonds is 4. The second-order valence-corrected chi connectivity index (χ2v) is 5.57. The Morgan fingerprint density at radius 1 is 1.28 bits per heavy atom. The lowest BCUT2D eigenvalue weighted by molar-refractivity contribution is 0.0952. The molecule has 126 valence electrons. The third-order valence-corrected chi connectivity index (χ3v) is 3.90. The zero-order valence-corrected chi connectivity index (χ0v) is 12.9. The van der Waals surface area contributed by atoms with E-state index in [1.165, 1.54) is 0 Å². The third kappa shape index (κ3) is 2.82. The van der Waals surface area contributed by atoms with Crippen LogP contribution in [-0.4, -0.2) is 25.3 Å². The molecule has 8 heteroatoms. The number of hydrogen-bond donors (Lipinski definition) is 2. The summed E-state index contributed by atoms with van der Waals surface area (Å²) in [7, 11) is 0. The lowest BCUT2D eigenvalue weighted by Crippen LogP contribution is -2.23. The number of hydrogen-bond acceptors (Lipinski definition) is 3. The van der Waals surface area contributed by atoms with Crippen LogP contribution in [0.15, 0.2) is 49.1 Å². The average Bonchev–Trinajstić information content (AvgIpc) is 3.25. The van der Waals surface area contributed by atoms with Crippen LogP contribution in [0.4, 0.5) is 8.78 Å². The average molecular weight is 341 g/mol. The molecule has 0 aliphatic carbocycles. The number of halogens is 2. The van der Waals surface area contributed by atoms with E-state index in [1.807, 2.05) is 22.7 Å². The summed E-state index contributed by atoms with van der Waals surface area (Å²) in [5.74, 6) is -0.815. The number of imidazole rings is 2. The van der Waals surface area contributed by atoms with Gasteiger partial charge in [0.15, 0.2) is 5.82 Å². The number of nitrogens with zero attached hydrogens (tertiary/aromatic N) is 3. The highest BCUT2D eigenvalue weighted by Crippen LogP contribution is 2.22. The van der Waals surface area contributed by atoms with Gasteiger partial charge in [0.25, 0.3) is 12.3 Å². The molecule has 1 aromatic carbocycles. The minimum Gasteiger partial charge on any atom is -0.348 e. The Morgan fingerprint density at radius 3 is 3.00 bits per heavy atom. The van der Waals surface area contributed by atoms with E-state index in [0.717, 1.165) is 11.1 Å². The maximum atomic E-state index is 12.8. The van der Waals surface area contributed by atoms with Crippen molar-refractivity contribution in [2.24, 2.45) is 0 Å². The van der Waals surface area contributed by atoms with Crippen molar-refractivity contribution >= 4 is 22.5 Å². The molecule has 3 aromatic heterocycles. The number of fused-ring (bicyclic) bond motifs is 2. The molecular formula is C17H13F2N5O. The molecule has 0 aliphatic heterocycles. The van der Waals surface area contributed by atoms with E-state index in [-0.39, 0.29) is 17.0 Å². The van der Waals surface area contributed by atoms with Crippen molar-refractivity contribution < 1.29 is 13.6 Å². The van der Waals surface area contributed by atoms with E-state index in [9.17, 15) is 13.6 Å². The van der Waals surface area contributed by atoms with E-state index < -0.39 is 12.2 Å². The summed E-state index contributed by atoms with van der Waals surface area (Å²) >= 11 is 0. The maximum Gasteiger partial charge on any atom is 0.295 e. The smallest absolute Gasteiger partial charge is 0.295 e. The van der Waals surface area contributed by atoms with Crippen molar-refractivity contribution in [1.29, 1.82) is 0 Å². The summed E-state index contributed by atoms with van der Waals surface area (Å²) in [4.78, 5) is 22.9. The minimum absolute atomic E-state index is 0.236. The summed E-state index contributed by atoms with van der Waals surface area (Å²) in [6.07, 6.45) is 2.57. The van der Waals surface area contributed by atoms with Gasteiger partial charge in [0.1, 0.15) is 5.52 Å². The Kier molecular flexibility index (Phi) is 3.64. The Labute approximate surface area is 140 Å². The molecule has 25 heavy (non-hydrogen) atoms. The molecule has 0 unspecified atom stereocenters. The molecule has 4 aromatic rings. The molecule has 0 aliphatic rings. The minimum atomic E-state index is -2.72. The molecule has 0 bridgehead atoms. The van der Waals surface area contributed by atoms with Crippen LogP contribution in [0.25, 0.3) is 16.6 Å². The van der Waals surface area contributed by atoms with Crippen LogP contribution in [0, 0.1) is 0 Å². The van der Waals surface area contributed by atoms with Crippen LogP contribution in [0.1, 0.15) is 28.2 Å². The van der Waals surface area contributed by atoms with Gasteiger partial charge >= 0.3 is 0 Å². The topological polar surface area (TPSA) is 75.1 Å². The van der Waals surface area contributed by atoms with Gasteiger partial charge in [0.2, 0.25) is 0 Å². The number of pyridine rings is 1. The highest BCUT2D eigenvalue weighted by molar-refractivity contribution is 6.04. The predicted octanol–water partition coefficient (Wildman–Crippen LogP) is 3.08. The van der Waals surface area contributed by atoms with E-state index >= 15 is 0 Å². The van der Waals surface area contributed by atoms with Crippen LogP contribution in [0.2, 0.25) is 0 Å². The Balaban J connectivity index is 1.57. The first-order valence-corrected chi connectivity index (χ1v) is 7.57. The molecule has 6 nitrogen and oxygen atoms in total. The first kappa shape index (κ1) is 15.3. The van der Waals surface area contributed by atoms with Crippen molar-refractivity contribution in [3.05, 3.63) is 66.0 Å². The molecule has 1 amide bonds. The Bertz CT molecular complexity index is 1070. The number of para-hydroxylation sites is 1. The second kappa shape index (κ2) is 5.97. The lowest BCUT2D eigenvalue weighted by Gasteiger charge is -2.06. The van der Waals surface area contributed by atoms with Crippen molar-refractivity contribution in [1.82, 2.24) is 24.7 Å². The van der Waals surface area contributed by atoms with E-state index in [0.29, 0.717) is 12.1 Å². The molecular weight excluding hydrogens is 328 g/mol. The van der Waals surface area contributed by atoms with Gasteiger partial charge in [0.05, 0.1) is 29.1 Å². The van der Waals surface area contributed by atoms with E-state index in [2.05, 4.69) is 20.3 Å². The van der Waals surface area contributed by atoms with Gasteiger partial charge in [-0.25, -0.2) is 18.7 Å². The Morgan fingerprint density at radius 2 is 2.16 bits per heavy atom. The van der Waals surface area contributed by atoms with E-state index in [4.69, 9.17) is 0 Å². The fourth-order valence-corrected chi connectivity index (χ4v) is 2.69. The number of benzene rings is 1.